The fourth-order valence-corrected chi connectivity index (χ4v) is 3.53. The zero-order chi connectivity index (χ0) is 18.0. The molecule has 1 saturated heterocycles. The lowest BCUT2D eigenvalue weighted by atomic mass is 10.1. The molecule has 0 spiro atoms. The van der Waals surface area contributed by atoms with E-state index in [2.05, 4.69) is 10.2 Å². The van der Waals surface area contributed by atoms with Crippen molar-refractivity contribution in [1.82, 2.24) is 0 Å². The minimum Gasteiger partial charge on any atom is -0.273 e. The molecule has 0 saturated carbocycles. The third kappa shape index (κ3) is 3.89. The van der Waals surface area contributed by atoms with Gasteiger partial charge in [0.25, 0.3) is 0 Å². The lowest BCUT2D eigenvalue weighted by molar-refractivity contribution is -0.116. The number of carbonyl (C=O) groups is 1. The molecule has 0 bridgehead atoms. The van der Waals surface area contributed by atoms with Crippen molar-refractivity contribution in [3.05, 3.63) is 64.1 Å². The first-order chi connectivity index (χ1) is 12.0. The summed E-state index contributed by atoms with van der Waals surface area (Å²) in [5.74, 6) is -0.00246. The highest BCUT2D eigenvalue weighted by Crippen LogP contribution is 2.31. The molecule has 1 fully saturated rings. The maximum atomic E-state index is 12.5. The molecule has 4 nitrogen and oxygen atoms in total. The molecule has 1 aliphatic rings. The van der Waals surface area contributed by atoms with Crippen LogP contribution in [-0.2, 0) is 4.79 Å². The molecule has 3 rings (SSSR count). The summed E-state index contributed by atoms with van der Waals surface area (Å²) in [6.45, 7) is 3.70. The molecule has 7 heteroatoms. The molecule has 1 amide bonds. The number of nitrogens with zero attached hydrogens (tertiary/aromatic N) is 3. The van der Waals surface area contributed by atoms with Gasteiger partial charge in [-0.25, -0.2) is 0 Å². The van der Waals surface area contributed by atoms with Gasteiger partial charge in [-0.3, -0.25) is 9.69 Å². The molecule has 1 unspecified atom stereocenters. The summed E-state index contributed by atoms with van der Waals surface area (Å²) in [4.78, 5) is 14.1. The number of amidine groups is 1. The van der Waals surface area contributed by atoms with E-state index in [4.69, 9.17) is 23.2 Å². The molecule has 25 heavy (non-hydrogen) atoms. The van der Waals surface area contributed by atoms with E-state index in [0.29, 0.717) is 20.9 Å². The first-order valence-electron chi connectivity index (χ1n) is 7.60. The fourth-order valence-electron chi connectivity index (χ4n) is 2.32. The van der Waals surface area contributed by atoms with Gasteiger partial charge in [-0.1, -0.05) is 59.2 Å². The second kappa shape index (κ2) is 7.60. The van der Waals surface area contributed by atoms with E-state index in [9.17, 15) is 4.79 Å². The highest BCUT2D eigenvalue weighted by molar-refractivity contribution is 8.16. The van der Waals surface area contributed by atoms with Gasteiger partial charge >= 0.3 is 0 Å². The Bertz CT molecular complexity index is 868. The van der Waals surface area contributed by atoms with Crippen LogP contribution in [0.1, 0.15) is 19.4 Å². The predicted molar refractivity (Wildman–Crippen MR) is 107 cm³/mol. The monoisotopic (exact) mass is 391 g/mol. The van der Waals surface area contributed by atoms with E-state index in [0.717, 1.165) is 11.3 Å². The average Bonchev–Trinajstić information content (AvgIpc) is 2.90. The SMILES string of the molecule is C/C(=N\N=C1\SC(C)C(=O)N1c1ccccc1)c1ccc(Cl)c(Cl)c1. The van der Waals surface area contributed by atoms with Crippen LogP contribution < -0.4 is 4.90 Å². The number of hydrogen-bond acceptors (Lipinski definition) is 4. The second-order valence-electron chi connectivity index (χ2n) is 5.47. The first kappa shape index (κ1) is 18.0. The van der Waals surface area contributed by atoms with Crippen molar-refractivity contribution in [2.24, 2.45) is 10.2 Å². The van der Waals surface area contributed by atoms with Crippen LogP contribution in [0.4, 0.5) is 5.69 Å². The molecule has 0 N–H and O–H groups in total. The van der Waals surface area contributed by atoms with Crippen LogP contribution in [0.25, 0.3) is 0 Å². The van der Waals surface area contributed by atoms with E-state index in [1.54, 1.807) is 17.0 Å². The molecule has 128 valence electrons. The van der Waals surface area contributed by atoms with Crippen LogP contribution in [0.5, 0.6) is 0 Å². The molecule has 2 aromatic carbocycles. The summed E-state index contributed by atoms with van der Waals surface area (Å²) in [5.41, 5.74) is 2.30. The minimum absolute atomic E-state index is 0.00246. The molecule has 0 radical (unpaired) electrons. The Balaban J connectivity index is 1.92. The van der Waals surface area contributed by atoms with E-state index in [1.165, 1.54) is 11.8 Å². The van der Waals surface area contributed by atoms with E-state index < -0.39 is 0 Å². The lowest BCUT2D eigenvalue weighted by Crippen LogP contribution is -2.31. The van der Waals surface area contributed by atoms with Gasteiger partial charge in [0.2, 0.25) is 5.91 Å². The van der Waals surface area contributed by atoms with Crippen molar-refractivity contribution < 1.29 is 4.79 Å². The van der Waals surface area contributed by atoms with Crippen LogP contribution in [0.2, 0.25) is 10.0 Å². The maximum absolute atomic E-state index is 12.5. The Kier molecular flexibility index (Phi) is 5.47. The van der Waals surface area contributed by atoms with Crippen molar-refractivity contribution in [3.63, 3.8) is 0 Å². The summed E-state index contributed by atoms with van der Waals surface area (Å²) in [5, 5.41) is 9.91. The number of amides is 1. The highest BCUT2D eigenvalue weighted by atomic mass is 35.5. The molecule has 1 heterocycles. The smallest absolute Gasteiger partial charge is 0.246 e. The van der Waals surface area contributed by atoms with Gasteiger partial charge in [0, 0.05) is 0 Å². The van der Waals surface area contributed by atoms with Gasteiger partial charge < -0.3 is 0 Å². The summed E-state index contributed by atoms with van der Waals surface area (Å²) in [6, 6.07) is 14.7. The quantitative estimate of drug-likeness (QED) is 0.530. The van der Waals surface area contributed by atoms with Gasteiger partial charge in [0.05, 0.1) is 26.7 Å². The number of benzene rings is 2. The topological polar surface area (TPSA) is 45.0 Å². The van der Waals surface area contributed by atoms with E-state index >= 15 is 0 Å². The number of anilines is 1. The van der Waals surface area contributed by atoms with Gasteiger partial charge in [-0.15, -0.1) is 5.10 Å². The molecule has 2 aromatic rings. The first-order valence-corrected chi connectivity index (χ1v) is 9.24. The standard InChI is InChI=1S/C18H15Cl2N3OS/c1-11(13-8-9-15(19)16(20)10-13)21-22-18-23(17(24)12(2)25-18)14-6-4-3-5-7-14/h3-10,12H,1-2H3/b21-11+,22-18+. The number of para-hydroxylation sites is 1. The number of hydrogen-bond donors (Lipinski definition) is 0. The Morgan fingerprint density at radius 1 is 1.12 bits per heavy atom. The Labute approximate surface area is 160 Å². The minimum atomic E-state index is -0.195. The van der Waals surface area contributed by atoms with Crippen molar-refractivity contribution >= 4 is 57.4 Å². The number of carbonyl (C=O) groups excluding carboxylic acids is 1. The maximum Gasteiger partial charge on any atom is 0.246 e. The average molecular weight is 392 g/mol. The largest absolute Gasteiger partial charge is 0.273 e. The van der Waals surface area contributed by atoms with Crippen molar-refractivity contribution in [1.29, 1.82) is 0 Å². The molecule has 0 aliphatic carbocycles. The Hall–Kier alpha value is -1.82. The predicted octanol–water partition coefficient (Wildman–Crippen LogP) is 5.24. The third-order valence-corrected chi connectivity index (χ3v) is 5.45. The second-order valence-corrected chi connectivity index (χ2v) is 7.59. The normalized spacial score (nSPS) is 19.8. The summed E-state index contributed by atoms with van der Waals surface area (Å²) >= 11 is 13.4. The van der Waals surface area contributed by atoms with Crippen molar-refractivity contribution in [2.75, 3.05) is 4.90 Å². The number of rotatable bonds is 3. The van der Waals surface area contributed by atoms with Crippen molar-refractivity contribution in [3.8, 4) is 0 Å². The van der Waals surface area contributed by atoms with E-state index in [1.807, 2.05) is 50.2 Å². The van der Waals surface area contributed by atoms with Gasteiger partial charge in [-0.2, -0.15) is 5.10 Å². The van der Waals surface area contributed by atoms with E-state index in [-0.39, 0.29) is 11.2 Å². The summed E-state index contributed by atoms with van der Waals surface area (Å²) in [6.07, 6.45) is 0. The summed E-state index contributed by atoms with van der Waals surface area (Å²) < 4.78 is 0. The van der Waals surface area contributed by atoms with Crippen LogP contribution in [0, 0.1) is 0 Å². The molecule has 0 aromatic heterocycles. The molecule has 1 atom stereocenters. The fraction of sp³-hybridized carbons (Fsp3) is 0.167. The zero-order valence-corrected chi connectivity index (χ0v) is 15.9. The van der Waals surface area contributed by atoms with Gasteiger partial charge in [-0.05, 0) is 43.7 Å². The van der Waals surface area contributed by atoms with Gasteiger partial charge in [0.15, 0.2) is 5.17 Å². The van der Waals surface area contributed by atoms with Crippen LogP contribution >= 0.6 is 35.0 Å². The van der Waals surface area contributed by atoms with Crippen LogP contribution in [0.3, 0.4) is 0 Å². The highest BCUT2D eigenvalue weighted by Gasteiger charge is 2.36. The number of halogens is 2. The molecular weight excluding hydrogens is 377 g/mol. The van der Waals surface area contributed by atoms with Crippen LogP contribution in [0.15, 0.2) is 58.7 Å². The molecular formula is C18H15Cl2N3OS. The summed E-state index contributed by atoms with van der Waals surface area (Å²) in [7, 11) is 0. The Morgan fingerprint density at radius 3 is 2.52 bits per heavy atom. The van der Waals surface area contributed by atoms with Crippen molar-refractivity contribution in [2.45, 2.75) is 19.1 Å². The number of thioether (sulfide) groups is 1. The Morgan fingerprint density at radius 2 is 1.84 bits per heavy atom. The zero-order valence-electron chi connectivity index (χ0n) is 13.6. The molecule has 1 aliphatic heterocycles. The van der Waals surface area contributed by atoms with Gasteiger partial charge in [0.1, 0.15) is 0 Å². The third-order valence-electron chi connectivity index (χ3n) is 3.68. The lowest BCUT2D eigenvalue weighted by Gasteiger charge is -2.15. The van der Waals surface area contributed by atoms with Crippen LogP contribution in [-0.4, -0.2) is 22.0 Å².